The van der Waals surface area contributed by atoms with Crippen LogP contribution in [0.15, 0.2) is 18.2 Å². The van der Waals surface area contributed by atoms with Gasteiger partial charge in [0.2, 0.25) is 0 Å². The highest BCUT2D eigenvalue weighted by molar-refractivity contribution is 5.47. The summed E-state index contributed by atoms with van der Waals surface area (Å²) in [7, 11) is 0. The van der Waals surface area contributed by atoms with Gasteiger partial charge in [-0.05, 0) is 25.1 Å². The first kappa shape index (κ1) is 9.92. The Hall–Kier alpha value is -1.62. The molecule has 2 N–H and O–H groups in total. The maximum Gasteiger partial charge on any atom is 0.273 e. The number of aromatic hydroxyl groups is 1. The predicted octanol–water partition coefficient (Wildman–Crippen LogP) is 1.38. The number of phenols is 1. The molecule has 80 valence electrons. The number of rotatable bonds is 2. The molecule has 0 aromatic heterocycles. The van der Waals surface area contributed by atoms with E-state index in [4.69, 9.17) is 0 Å². The summed E-state index contributed by atoms with van der Waals surface area (Å²) in [5, 5.41) is 23.3. The second-order valence-electron chi connectivity index (χ2n) is 3.69. The Bertz CT molecular complexity index is 386. The molecule has 1 aromatic rings. The van der Waals surface area contributed by atoms with Gasteiger partial charge in [-0.25, -0.2) is 0 Å². The van der Waals surface area contributed by atoms with Crippen molar-refractivity contribution >= 4 is 5.69 Å². The van der Waals surface area contributed by atoms with E-state index in [1.165, 1.54) is 18.2 Å². The van der Waals surface area contributed by atoms with Crippen molar-refractivity contribution < 1.29 is 10.0 Å². The summed E-state index contributed by atoms with van der Waals surface area (Å²) < 4.78 is 0. The van der Waals surface area contributed by atoms with E-state index in [0.717, 1.165) is 19.5 Å². The Kier molecular flexibility index (Phi) is 2.55. The standard InChI is InChI=1S/C10H12N2O3/c13-8-1-2-10(12(14)15)9(5-8)7-3-4-11-6-7/h1-2,5,7,11,13H,3-4,6H2. The fourth-order valence-corrected chi connectivity index (χ4v) is 1.96. The summed E-state index contributed by atoms with van der Waals surface area (Å²) in [4.78, 5) is 10.4. The van der Waals surface area contributed by atoms with E-state index < -0.39 is 4.92 Å². The van der Waals surface area contributed by atoms with E-state index in [1.807, 2.05) is 0 Å². The molecular weight excluding hydrogens is 196 g/mol. The SMILES string of the molecule is O=[N+]([O-])c1ccc(O)cc1C1CCNC1. The van der Waals surface area contributed by atoms with Crippen LogP contribution in [0, 0.1) is 10.1 Å². The third-order valence-electron chi connectivity index (χ3n) is 2.71. The molecule has 1 unspecified atom stereocenters. The lowest BCUT2D eigenvalue weighted by Gasteiger charge is -2.09. The number of phenolic OH excluding ortho intramolecular Hbond substituents is 1. The van der Waals surface area contributed by atoms with Crippen LogP contribution >= 0.6 is 0 Å². The first-order chi connectivity index (χ1) is 7.18. The lowest BCUT2D eigenvalue weighted by molar-refractivity contribution is -0.385. The van der Waals surface area contributed by atoms with Crippen molar-refractivity contribution in [3.05, 3.63) is 33.9 Å². The number of hydrogen-bond donors (Lipinski definition) is 2. The van der Waals surface area contributed by atoms with Gasteiger partial charge in [-0.3, -0.25) is 10.1 Å². The minimum Gasteiger partial charge on any atom is -0.508 e. The summed E-state index contributed by atoms with van der Waals surface area (Å²) in [5.41, 5.74) is 0.728. The molecule has 0 saturated carbocycles. The second-order valence-corrected chi connectivity index (χ2v) is 3.69. The molecule has 2 rings (SSSR count). The summed E-state index contributed by atoms with van der Waals surface area (Å²) >= 11 is 0. The Morgan fingerprint density at radius 3 is 2.93 bits per heavy atom. The van der Waals surface area contributed by atoms with Crippen molar-refractivity contribution in [2.45, 2.75) is 12.3 Å². The Morgan fingerprint density at radius 1 is 1.53 bits per heavy atom. The lowest BCUT2D eigenvalue weighted by Crippen LogP contribution is -2.09. The van der Waals surface area contributed by atoms with Gasteiger partial charge in [-0.2, -0.15) is 0 Å². The molecule has 1 saturated heterocycles. The quantitative estimate of drug-likeness (QED) is 0.568. The number of nitrogens with zero attached hydrogens (tertiary/aromatic N) is 1. The van der Waals surface area contributed by atoms with E-state index in [9.17, 15) is 15.2 Å². The molecule has 1 fully saturated rings. The zero-order valence-electron chi connectivity index (χ0n) is 8.14. The zero-order valence-corrected chi connectivity index (χ0v) is 8.14. The van der Waals surface area contributed by atoms with Crippen LogP contribution in [0.5, 0.6) is 5.75 Å². The molecule has 1 aromatic carbocycles. The van der Waals surface area contributed by atoms with Crippen LogP contribution in [-0.2, 0) is 0 Å². The fourth-order valence-electron chi connectivity index (χ4n) is 1.96. The van der Waals surface area contributed by atoms with Gasteiger partial charge in [0.15, 0.2) is 0 Å². The molecule has 0 spiro atoms. The number of hydrogen-bond acceptors (Lipinski definition) is 4. The summed E-state index contributed by atoms with van der Waals surface area (Å²) in [6.07, 6.45) is 0.879. The molecule has 5 heteroatoms. The van der Waals surface area contributed by atoms with Crippen LogP contribution in [0.2, 0.25) is 0 Å². The molecule has 0 radical (unpaired) electrons. The maximum absolute atomic E-state index is 10.8. The van der Waals surface area contributed by atoms with Gasteiger partial charge in [0, 0.05) is 24.1 Å². The second kappa shape index (κ2) is 3.86. The van der Waals surface area contributed by atoms with Crippen LogP contribution < -0.4 is 5.32 Å². The highest BCUT2D eigenvalue weighted by atomic mass is 16.6. The number of nitro groups is 1. The average Bonchev–Trinajstić information content (AvgIpc) is 2.69. The molecular formula is C10H12N2O3. The summed E-state index contributed by atoms with van der Waals surface area (Å²) in [6.45, 7) is 1.61. The maximum atomic E-state index is 10.8. The Balaban J connectivity index is 2.41. The molecule has 1 aliphatic rings. The van der Waals surface area contributed by atoms with Crippen LogP contribution in [0.1, 0.15) is 17.9 Å². The topological polar surface area (TPSA) is 75.4 Å². The molecule has 1 heterocycles. The minimum atomic E-state index is -0.396. The predicted molar refractivity (Wildman–Crippen MR) is 55.0 cm³/mol. The molecule has 1 atom stereocenters. The van der Waals surface area contributed by atoms with Gasteiger partial charge in [0.1, 0.15) is 5.75 Å². The number of benzene rings is 1. The average molecular weight is 208 g/mol. The Labute approximate surface area is 86.9 Å². The molecule has 5 nitrogen and oxygen atoms in total. The van der Waals surface area contributed by atoms with E-state index in [-0.39, 0.29) is 17.4 Å². The molecule has 1 aliphatic heterocycles. The Morgan fingerprint density at radius 2 is 2.33 bits per heavy atom. The van der Waals surface area contributed by atoms with Gasteiger partial charge in [-0.1, -0.05) is 0 Å². The minimum absolute atomic E-state index is 0.0856. The lowest BCUT2D eigenvalue weighted by atomic mass is 9.96. The van der Waals surface area contributed by atoms with Gasteiger partial charge in [-0.15, -0.1) is 0 Å². The third-order valence-corrected chi connectivity index (χ3v) is 2.71. The van der Waals surface area contributed by atoms with Crippen molar-refractivity contribution in [1.29, 1.82) is 0 Å². The molecule has 15 heavy (non-hydrogen) atoms. The molecule has 0 amide bonds. The van der Waals surface area contributed by atoms with E-state index >= 15 is 0 Å². The van der Waals surface area contributed by atoms with Crippen molar-refractivity contribution in [2.75, 3.05) is 13.1 Å². The van der Waals surface area contributed by atoms with Crippen LogP contribution in [0.3, 0.4) is 0 Å². The smallest absolute Gasteiger partial charge is 0.273 e. The highest BCUT2D eigenvalue weighted by Gasteiger charge is 2.25. The normalized spacial score (nSPS) is 20.4. The van der Waals surface area contributed by atoms with Gasteiger partial charge in [0.25, 0.3) is 5.69 Å². The van der Waals surface area contributed by atoms with Crippen molar-refractivity contribution in [1.82, 2.24) is 5.32 Å². The van der Waals surface area contributed by atoms with Gasteiger partial charge < -0.3 is 10.4 Å². The summed E-state index contributed by atoms with van der Waals surface area (Å²) in [5.74, 6) is 0.222. The van der Waals surface area contributed by atoms with Crippen molar-refractivity contribution in [3.8, 4) is 5.75 Å². The van der Waals surface area contributed by atoms with Gasteiger partial charge in [0.05, 0.1) is 4.92 Å². The third kappa shape index (κ3) is 1.92. The molecule has 0 bridgehead atoms. The van der Waals surface area contributed by atoms with E-state index in [1.54, 1.807) is 0 Å². The summed E-state index contributed by atoms with van der Waals surface area (Å²) in [6, 6.07) is 4.21. The zero-order chi connectivity index (χ0) is 10.8. The number of nitrogens with one attached hydrogen (secondary N) is 1. The highest BCUT2D eigenvalue weighted by Crippen LogP contribution is 2.32. The van der Waals surface area contributed by atoms with E-state index in [2.05, 4.69) is 5.32 Å². The fraction of sp³-hybridized carbons (Fsp3) is 0.400. The largest absolute Gasteiger partial charge is 0.508 e. The van der Waals surface area contributed by atoms with Crippen LogP contribution in [-0.4, -0.2) is 23.1 Å². The molecule has 0 aliphatic carbocycles. The number of nitro benzene ring substituents is 1. The first-order valence-electron chi connectivity index (χ1n) is 4.86. The van der Waals surface area contributed by atoms with E-state index in [0.29, 0.717) is 5.56 Å². The van der Waals surface area contributed by atoms with Gasteiger partial charge >= 0.3 is 0 Å². The van der Waals surface area contributed by atoms with Crippen LogP contribution in [0.4, 0.5) is 5.69 Å². The van der Waals surface area contributed by atoms with Crippen molar-refractivity contribution in [2.24, 2.45) is 0 Å². The van der Waals surface area contributed by atoms with Crippen molar-refractivity contribution in [3.63, 3.8) is 0 Å². The monoisotopic (exact) mass is 208 g/mol. The van der Waals surface area contributed by atoms with Crippen LogP contribution in [0.25, 0.3) is 0 Å². The first-order valence-corrected chi connectivity index (χ1v) is 4.86.